The van der Waals surface area contributed by atoms with E-state index in [1.54, 1.807) is 4.90 Å². The number of amides is 1. The second-order valence-corrected chi connectivity index (χ2v) is 6.83. The van der Waals surface area contributed by atoms with Crippen molar-refractivity contribution in [3.05, 3.63) is 74.2 Å². The van der Waals surface area contributed by atoms with Crippen LogP contribution in [0.4, 0.5) is 11.4 Å². The SMILES string of the molecule is O=C(c1cc([N+](=O)[O-])cc([N+](=O)[O-])c1)N1CCCC(c2nnc3ccccn23)C1. The van der Waals surface area contributed by atoms with Crippen LogP contribution < -0.4 is 0 Å². The Balaban J connectivity index is 1.62. The van der Waals surface area contributed by atoms with Gasteiger partial charge in [-0.15, -0.1) is 10.2 Å². The van der Waals surface area contributed by atoms with Crippen molar-refractivity contribution < 1.29 is 14.6 Å². The molecule has 1 fully saturated rings. The van der Waals surface area contributed by atoms with Crippen LogP contribution >= 0.6 is 0 Å². The van der Waals surface area contributed by atoms with Crippen molar-refractivity contribution in [1.82, 2.24) is 19.5 Å². The highest BCUT2D eigenvalue weighted by Gasteiger charge is 2.30. The first-order chi connectivity index (χ1) is 13.9. The van der Waals surface area contributed by atoms with E-state index in [2.05, 4.69) is 10.2 Å². The maximum absolute atomic E-state index is 13.0. The van der Waals surface area contributed by atoms with Gasteiger partial charge in [0, 0.05) is 37.3 Å². The van der Waals surface area contributed by atoms with Crippen LogP contribution in [0.5, 0.6) is 0 Å². The first-order valence-corrected chi connectivity index (χ1v) is 8.97. The van der Waals surface area contributed by atoms with Gasteiger partial charge in [0.1, 0.15) is 5.82 Å². The molecule has 1 unspecified atom stereocenters. The van der Waals surface area contributed by atoms with Crippen LogP contribution in [0.25, 0.3) is 5.65 Å². The van der Waals surface area contributed by atoms with Crippen LogP contribution in [-0.4, -0.2) is 48.3 Å². The Kier molecular flexibility index (Phi) is 4.63. The number of hydrogen-bond donors (Lipinski definition) is 0. The van der Waals surface area contributed by atoms with Crippen LogP contribution in [0, 0.1) is 20.2 Å². The number of benzene rings is 1. The lowest BCUT2D eigenvalue weighted by Crippen LogP contribution is -2.39. The molecular formula is C18H16N6O5. The second-order valence-electron chi connectivity index (χ2n) is 6.83. The molecule has 3 aromatic rings. The van der Waals surface area contributed by atoms with Gasteiger partial charge >= 0.3 is 0 Å². The molecule has 11 nitrogen and oxygen atoms in total. The minimum absolute atomic E-state index is 0.0567. The van der Waals surface area contributed by atoms with Crippen LogP contribution in [0.15, 0.2) is 42.6 Å². The largest absolute Gasteiger partial charge is 0.338 e. The number of aromatic nitrogens is 3. The second kappa shape index (κ2) is 7.26. The summed E-state index contributed by atoms with van der Waals surface area (Å²) in [5, 5.41) is 30.6. The van der Waals surface area contributed by atoms with Crippen LogP contribution in [0.1, 0.15) is 34.9 Å². The fraction of sp³-hybridized carbons (Fsp3) is 0.278. The Morgan fingerprint density at radius 2 is 1.79 bits per heavy atom. The average Bonchev–Trinajstić information content (AvgIpc) is 3.17. The third kappa shape index (κ3) is 3.49. The summed E-state index contributed by atoms with van der Waals surface area (Å²) in [6, 6.07) is 8.56. The summed E-state index contributed by atoms with van der Waals surface area (Å²) in [5.41, 5.74) is -0.336. The Morgan fingerprint density at radius 1 is 1.07 bits per heavy atom. The van der Waals surface area contributed by atoms with Gasteiger partial charge in [0.25, 0.3) is 17.3 Å². The number of carbonyl (C=O) groups is 1. The third-order valence-corrected chi connectivity index (χ3v) is 4.98. The topological polar surface area (TPSA) is 137 Å². The van der Waals surface area contributed by atoms with Crippen molar-refractivity contribution in [1.29, 1.82) is 0 Å². The molecule has 0 bridgehead atoms. The van der Waals surface area contributed by atoms with Crippen molar-refractivity contribution >= 4 is 22.9 Å². The molecule has 1 saturated heterocycles. The molecule has 1 aliphatic heterocycles. The molecule has 0 radical (unpaired) electrons. The highest BCUT2D eigenvalue weighted by molar-refractivity contribution is 5.95. The predicted molar refractivity (Wildman–Crippen MR) is 101 cm³/mol. The monoisotopic (exact) mass is 396 g/mol. The first-order valence-electron chi connectivity index (χ1n) is 8.97. The molecule has 11 heteroatoms. The van der Waals surface area contributed by atoms with Crippen LogP contribution in [0.3, 0.4) is 0 Å². The zero-order chi connectivity index (χ0) is 20.5. The Morgan fingerprint density at radius 3 is 2.48 bits per heavy atom. The van der Waals surface area contributed by atoms with E-state index in [9.17, 15) is 25.0 Å². The molecule has 4 rings (SSSR count). The number of pyridine rings is 1. The molecule has 1 amide bonds. The number of nitrogens with zero attached hydrogens (tertiary/aromatic N) is 6. The maximum atomic E-state index is 13.0. The van der Waals surface area contributed by atoms with Gasteiger partial charge in [0.05, 0.1) is 21.5 Å². The van der Waals surface area contributed by atoms with E-state index in [1.165, 1.54) is 0 Å². The lowest BCUT2D eigenvalue weighted by molar-refractivity contribution is -0.394. The number of hydrogen-bond acceptors (Lipinski definition) is 7. The van der Waals surface area contributed by atoms with E-state index in [0.717, 1.165) is 36.9 Å². The number of fused-ring (bicyclic) bond motifs is 1. The van der Waals surface area contributed by atoms with Crippen molar-refractivity contribution in [3.8, 4) is 0 Å². The molecule has 1 atom stereocenters. The van der Waals surface area contributed by atoms with Gasteiger partial charge in [-0.3, -0.25) is 29.4 Å². The zero-order valence-corrected chi connectivity index (χ0v) is 15.2. The molecule has 1 aliphatic rings. The van der Waals surface area contributed by atoms with Gasteiger partial charge in [-0.2, -0.15) is 0 Å². The normalized spacial score (nSPS) is 16.7. The van der Waals surface area contributed by atoms with Crippen molar-refractivity contribution in [2.75, 3.05) is 13.1 Å². The van der Waals surface area contributed by atoms with E-state index in [4.69, 9.17) is 0 Å². The number of non-ortho nitro benzene ring substituents is 2. The standard InChI is InChI=1S/C18H16N6O5/c25-18(13-8-14(23(26)27)10-15(9-13)24(28)29)21-6-3-4-12(11-21)17-20-19-16-5-1-2-7-22(16)17/h1-2,5,7-10,12H,3-4,6,11H2. The van der Waals surface area contributed by atoms with E-state index < -0.39 is 27.1 Å². The number of rotatable bonds is 4. The minimum Gasteiger partial charge on any atom is -0.338 e. The van der Waals surface area contributed by atoms with Gasteiger partial charge in [0.15, 0.2) is 5.65 Å². The highest BCUT2D eigenvalue weighted by Crippen LogP contribution is 2.29. The van der Waals surface area contributed by atoms with Crippen LogP contribution in [-0.2, 0) is 0 Å². The summed E-state index contributed by atoms with van der Waals surface area (Å²) >= 11 is 0. The maximum Gasteiger partial charge on any atom is 0.277 e. The fourth-order valence-electron chi connectivity index (χ4n) is 3.62. The number of likely N-dealkylation sites (tertiary alicyclic amines) is 1. The van der Waals surface area contributed by atoms with E-state index in [1.807, 2.05) is 28.8 Å². The van der Waals surface area contributed by atoms with Gasteiger partial charge in [-0.1, -0.05) is 6.07 Å². The van der Waals surface area contributed by atoms with Crippen molar-refractivity contribution in [3.63, 3.8) is 0 Å². The molecule has 0 spiro atoms. The van der Waals surface area contributed by atoms with Gasteiger partial charge in [-0.25, -0.2) is 0 Å². The average molecular weight is 396 g/mol. The van der Waals surface area contributed by atoms with Gasteiger partial charge in [0.2, 0.25) is 0 Å². The summed E-state index contributed by atoms with van der Waals surface area (Å²) in [6.45, 7) is 0.813. The Labute approximate surface area is 163 Å². The molecule has 0 saturated carbocycles. The van der Waals surface area contributed by atoms with E-state index in [-0.39, 0.29) is 11.5 Å². The molecule has 148 valence electrons. The number of carbonyl (C=O) groups excluding carboxylic acids is 1. The fourth-order valence-corrected chi connectivity index (χ4v) is 3.62. The summed E-state index contributed by atoms with van der Waals surface area (Å²) < 4.78 is 1.87. The highest BCUT2D eigenvalue weighted by atomic mass is 16.6. The van der Waals surface area contributed by atoms with Gasteiger partial charge < -0.3 is 4.90 Å². The summed E-state index contributed by atoms with van der Waals surface area (Å²) in [4.78, 5) is 35.2. The molecule has 1 aromatic carbocycles. The molecule has 0 aliphatic carbocycles. The van der Waals surface area contributed by atoms with Crippen molar-refractivity contribution in [2.24, 2.45) is 0 Å². The number of piperidine rings is 1. The molecule has 2 aromatic heterocycles. The Hall–Kier alpha value is -3.89. The summed E-state index contributed by atoms with van der Waals surface area (Å²) in [6.07, 6.45) is 3.39. The predicted octanol–water partition coefficient (Wildman–Crippen LogP) is 2.57. The molecule has 3 heterocycles. The number of nitro groups is 2. The first kappa shape index (κ1) is 18.5. The van der Waals surface area contributed by atoms with E-state index in [0.29, 0.717) is 18.7 Å². The molecular weight excluding hydrogens is 380 g/mol. The third-order valence-electron chi connectivity index (χ3n) is 4.98. The summed E-state index contributed by atoms with van der Waals surface area (Å²) in [7, 11) is 0. The molecule has 29 heavy (non-hydrogen) atoms. The van der Waals surface area contributed by atoms with Crippen LogP contribution in [0.2, 0.25) is 0 Å². The molecule has 0 N–H and O–H groups in total. The quantitative estimate of drug-likeness (QED) is 0.488. The van der Waals surface area contributed by atoms with E-state index >= 15 is 0 Å². The zero-order valence-electron chi connectivity index (χ0n) is 15.2. The van der Waals surface area contributed by atoms with Crippen molar-refractivity contribution in [2.45, 2.75) is 18.8 Å². The summed E-state index contributed by atoms with van der Waals surface area (Å²) in [5.74, 6) is 0.206. The minimum atomic E-state index is -0.745. The lowest BCUT2D eigenvalue weighted by atomic mass is 9.96. The Bertz CT molecular complexity index is 1090. The van der Waals surface area contributed by atoms with Gasteiger partial charge in [-0.05, 0) is 25.0 Å². The smallest absolute Gasteiger partial charge is 0.277 e. The lowest BCUT2D eigenvalue weighted by Gasteiger charge is -2.32. The number of nitro benzene ring substituents is 2.